The molecule has 0 bridgehead atoms. The number of pyridine rings is 1. The first-order valence-corrected chi connectivity index (χ1v) is 20.0. The van der Waals surface area contributed by atoms with Crippen molar-refractivity contribution in [1.29, 1.82) is 0 Å². The number of hydrogen-bond acceptors (Lipinski definition) is 6. The summed E-state index contributed by atoms with van der Waals surface area (Å²) in [6.45, 7) is 0. The van der Waals surface area contributed by atoms with Gasteiger partial charge >= 0.3 is 0 Å². The van der Waals surface area contributed by atoms with Crippen LogP contribution in [0.25, 0.3) is 122 Å². The van der Waals surface area contributed by atoms with Gasteiger partial charge in [-0.05, 0) is 41.0 Å². The molecule has 6 heteroatoms. The van der Waals surface area contributed by atoms with E-state index in [1.807, 2.05) is 66.7 Å². The fraction of sp³-hybridized carbons (Fsp3) is 0. The third-order valence-corrected chi connectivity index (χ3v) is 11.4. The molecule has 8 aromatic carbocycles. The normalized spacial score (nSPS) is 11.7. The van der Waals surface area contributed by atoms with Crippen LogP contribution in [-0.2, 0) is 0 Å². The Hall–Kier alpha value is -8.22. The van der Waals surface area contributed by atoms with Gasteiger partial charge in [0.1, 0.15) is 22.4 Å². The summed E-state index contributed by atoms with van der Waals surface area (Å²) in [4.78, 5) is 20.4. The van der Waals surface area contributed by atoms with Crippen molar-refractivity contribution in [3.63, 3.8) is 0 Å². The number of rotatable bonds is 6. The predicted octanol–water partition coefficient (Wildman–Crippen LogP) is 14.2. The molecule has 0 aliphatic rings. The molecule has 0 aliphatic heterocycles. The largest absolute Gasteiger partial charge is 0.456 e. The van der Waals surface area contributed by atoms with Gasteiger partial charge in [0.25, 0.3) is 0 Å². The second kappa shape index (κ2) is 13.7. The van der Waals surface area contributed by atoms with Gasteiger partial charge in [-0.25, -0.2) is 19.9 Å². The number of fused-ring (bicyclic) bond motifs is 8. The highest BCUT2D eigenvalue weighted by Crippen LogP contribution is 2.43. The van der Waals surface area contributed by atoms with Crippen molar-refractivity contribution in [1.82, 2.24) is 19.9 Å². The van der Waals surface area contributed by atoms with Crippen molar-refractivity contribution in [3.8, 4) is 67.7 Å². The Balaban J connectivity index is 0.994. The van der Waals surface area contributed by atoms with Crippen LogP contribution in [0.3, 0.4) is 0 Å². The summed E-state index contributed by atoms with van der Waals surface area (Å²) in [6, 6.07) is 66.3. The summed E-state index contributed by atoms with van der Waals surface area (Å²) in [5, 5.41) is 5.31. The van der Waals surface area contributed by atoms with Crippen LogP contribution < -0.4 is 0 Å². The first-order valence-electron chi connectivity index (χ1n) is 20.0. The van der Waals surface area contributed by atoms with Crippen LogP contribution in [-0.4, -0.2) is 19.9 Å². The van der Waals surface area contributed by atoms with E-state index in [4.69, 9.17) is 28.8 Å². The first-order chi connectivity index (χ1) is 29.7. The molecular formula is C54H32N4O2. The molecule has 4 aromatic heterocycles. The Labute approximate surface area is 344 Å². The van der Waals surface area contributed by atoms with Gasteiger partial charge in [-0.2, -0.15) is 0 Å². The van der Waals surface area contributed by atoms with Crippen LogP contribution in [0.5, 0.6) is 0 Å². The maximum Gasteiger partial charge on any atom is 0.164 e. The zero-order valence-electron chi connectivity index (χ0n) is 32.1. The van der Waals surface area contributed by atoms with Crippen LogP contribution in [0.4, 0.5) is 0 Å². The smallest absolute Gasteiger partial charge is 0.164 e. The lowest BCUT2D eigenvalue weighted by Crippen LogP contribution is -2.00. The highest BCUT2D eigenvalue weighted by atomic mass is 16.3. The van der Waals surface area contributed by atoms with Crippen LogP contribution in [0, 0.1) is 0 Å². The highest BCUT2D eigenvalue weighted by molar-refractivity contribution is 6.22. The molecule has 0 saturated heterocycles. The molecule has 0 amide bonds. The average molecular weight is 769 g/mol. The molecule has 280 valence electrons. The first kappa shape index (κ1) is 33.9. The zero-order chi connectivity index (χ0) is 39.6. The van der Waals surface area contributed by atoms with Crippen molar-refractivity contribution in [2.24, 2.45) is 0 Å². The molecule has 12 aromatic rings. The monoisotopic (exact) mass is 768 g/mol. The third-order valence-electron chi connectivity index (χ3n) is 11.4. The molecule has 0 spiro atoms. The highest BCUT2D eigenvalue weighted by Gasteiger charge is 2.21. The van der Waals surface area contributed by atoms with E-state index in [0.717, 1.165) is 105 Å². The second-order valence-corrected chi connectivity index (χ2v) is 15.0. The van der Waals surface area contributed by atoms with Gasteiger partial charge in [0.2, 0.25) is 0 Å². The van der Waals surface area contributed by atoms with Gasteiger partial charge < -0.3 is 8.83 Å². The Bertz CT molecular complexity index is 3580. The Morgan fingerprint density at radius 2 is 0.783 bits per heavy atom. The number of hydrogen-bond donors (Lipinski definition) is 0. The topological polar surface area (TPSA) is 77.8 Å². The minimum atomic E-state index is 0.584. The van der Waals surface area contributed by atoms with E-state index in [1.54, 1.807) is 0 Å². The minimum Gasteiger partial charge on any atom is -0.456 e. The predicted molar refractivity (Wildman–Crippen MR) is 242 cm³/mol. The van der Waals surface area contributed by atoms with Gasteiger partial charge in [-0.1, -0.05) is 170 Å². The van der Waals surface area contributed by atoms with Gasteiger partial charge in [-0.15, -0.1) is 0 Å². The van der Waals surface area contributed by atoms with Crippen molar-refractivity contribution in [3.05, 3.63) is 194 Å². The summed E-state index contributed by atoms with van der Waals surface area (Å²) >= 11 is 0. The molecule has 0 radical (unpaired) electrons. The molecule has 0 unspecified atom stereocenters. The molecule has 6 nitrogen and oxygen atoms in total. The Kier molecular flexibility index (Phi) is 7.74. The number of nitrogens with zero attached hydrogens (tertiary/aromatic N) is 4. The molecule has 12 rings (SSSR count). The van der Waals surface area contributed by atoms with Crippen LogP contribution >= 0.6 is 0 Å². The maximum atomic E-state index is 6.65. The van der Waals surface area contributed by atoms with Crippen molar-refractivity contribution >= 4 is 54.8 Å². The van der Waals surface area contributed by atoms with E-state index in [0.29, 0.717) is 17.5 Å². The molecule has 0 fully saturated rings. The summed E-state index contributed by atoms with van der Waals surface area (Å²) in [5.41, 5.74) is 12.9. The van der Waals surface area contributed by atoms with E-state index in [2.05, 4.69) is 127 Å². The van der Waals surface area contributed by atoms with Crippen LogP contribution in [0.1, 0.15) is 0 Å². The third kappa shape index (κ3) is 5.65. The van der Waals surface area contributed by atoms with Crippen molar-refractivity contribution in [2.75, 3.05) is 0 Å². The van der Waals surface area contributed by atoms with E-state index in [-0.39, 0.29) is 0 Å². The second-order valence-electron chi connectivity index (χ2n) is 15.0. The van der Waals surface area contributed by atoms with Gasteiger partial charge in [-0.3, -0.25) is 0 Å². The molecule has 0 aliphatic carbocycles. The lowest BCUT2D eigenvalue weighted by atomic mass is 9.97. The van der Waals surface area contributed by atoms with Gasteiger partial charge in [0.05, 0.1) is 5.52 Å². The molecular weight excluding hydrogens is 737 g/mol. The summed E-state index contributed by atoms with van der Waals surface area (Å²) in [7, 11) is 0. The van der Waals surface area contributed by atoms with Gasteiger partial charge in [0, 0.05) is 54.7 Å². The zero-order valence-corrected chi connectivity index (χ0v) is 32.1. The van der Waals surface area contributed by atoms with E-state index in [1.165, 1.54) is 0 Å². The Morgan fingerprint density at radius 1 is 0.300 bits per heavy atom. The summed E-state index contributed by atoms with van der Waals surface area (Å²) in [5.74, 6) is 1.80. The van der Waals surface area contributed by atoms with Crippen LogP contribution in [0.15, 0.2) is 203 Å². The minimum absolute atomic E-state index is 0.584. The van der Waals surface area contributed by atoms with E-state index in [9.17, 15) is 0 Å². The molecule has 0 saturated carbocycles. The van der Waals surface area contributed by atoms with Crippen LogP contribution in [0.2, 0.25) is 0 Å². The number of furan rings is 2. The Morgan fingerprint density at radius 3 is 1.47 bits per heavy atom. The molecule has 0 atom stereocenters. The standard InChI is InChI=1S/C54H32N4O2/c1-3-12-33(13-4-1)34-22-26-37(27-23-34)53-56-52(36-14-5-2-6-15-36)57-54(58-53)38-28-24-35(25-29-38)49-51-48(43-17-8-10-21-46(43)60-51)44-19-11-18-40(50(44)55-49)39-30-31-42-41-16-7-9-20-45(41)59-47(42)32-39/h1-32H. The van der Waals surface area contributed by atoms with E-state index < -0.39 is 0 Å². The fourth-order valence-electron chi connectivity index (χ4n) is 8.40. The SMILES string of the molecule is c1ccc(-c2ccc(-c3nc(-c4ccccc4)nc(-c4ccc(-c5nc6c(-c7ccc8c(c7)oc7ccccc78)cccc6c6c5oc5ccccc56)cc4)n3)cc2)cc1. The lowest BCUT2D eigenvalue weighted by molar-refractivity contribution is 0.668. The van der Waals surface area contributed by atoms with Crippen molar-refractivity contribution < 1.29 is 8.83 Å². The van der Waals surface area contributed by atoms with E-state index >= 15 is 0 Å². The van der Waals surface area contributed by atoms with Crippen molar-refractivity contribution in [2.45, 2.75) is 0 Å². The quantitative estimate of drug-likeness (QED) is 0.168. The lowest BCUT2D eigenvalue weighted by Gasteiger charge is -2.12. The molecule has 60 heavy (non-hydrogen) atoms. The average Bonchev–Trinajstić information content (AvgIpc) is 3.91. The fourth-order valence-corrected chi connectivity index (χ4v) is 8.40. The molecule has 0 N–H and O–H groups in total. The summed E-state index contributed by atoms with van der Waals surface area (Å²) in [6.07, 6.45) is 0. The number of para-hydroxylation sites is 3. The number of aromatic nitrogens is 4. The maximum absolute atomic E-state index is 6.65. The van der Waals surface area contributed by atoms with Gasteiger partial charge in [0.15, 0.2) is 23.1 Å². The summed E-state index contributed by atoms with van der Waals surface area (Å²) < 4.78 is 13.0. The molecule has 4 heterocycles. The number of benzene rings is 8.